The minimum Gasteiger partial charge on any atom is -0.507 e. The highest BCUT2D eigenvalue weighted by atomic mass is 79.9. The van der Waals surface area contributed by atoms with Gasteiger partial charge in [-0.25, -0.2) is 0 Å². The average molecular weight is 244 g/mol. The van der Waals surface area contributed by atoms with Gasteiger partial charge >= 0.3 is 0 Å². The van der Waals surface area contributed by atoms with Crippen LogP contribution in [0.2, 0.25) is 0 Å². The molecule has 0 saturated carbocycles. The number of nitro benzene ring substituents is 1. The van der Waals surface area contributed by atoms with Gasteiger partial charge in [-0.15, -0.1) is 0 Å². The molecule has 0 aliphatic carbocycles. The lowest BCUT2D eigenvalue weighted by Gasteiger charge is -1.97. The van der Waals surface area contributed by atoms with Gasteiger partial charge in [-0.2, -0.15) is 0 Å². The highest BCUT2D eigenvalue weighted by molar-refractivity contribution is 9.11. The Morgan fingerprint density at radius 2 is 2.23 bits per heavy atom. The SMILES string of the molecule is O=[N+]([O-])c1ccc(O)c(/C=C/Br)c1. The van der Waals surface area contributed by atoms with Crippen molar-refractivity contribution >= 4 is 27.7 Å². The normalized spacial score (nSPS) is 10.5. The summed E-state index contributed by atoms with van der Waals surface area (Å²) in [6.45, 7) is 0. The summed E-state index contributed by atoms with van der Waals surface area (Å²) in [6, 6.07) is 3.84. The van der Waals surface area contributed by atoms with Crippen molar-refractivity contribution in [1.29, 1.82) is 0 Å². The number of hydrogen-bond acceptors (Lipinski definition) is 3. The van der Waals surface area contributed by atoms with E-state index in [2.05, 4.69) is 15.9 Å². The predicted molar refractivity (Wildman–Crippen MR) is 52.7 cm³/mol. The second-order valence-corrected chi connectivity index (χ2v) is 2.82. The number of hydrogen-bond donors (Lipinski definition) is 1. The maximum absolute atomic E-state index is 10.4. The molecular weight excluding hydrogens is 238 g/mol. The van der Waals surface area contributed by atoms with Crippen molar-refractivity contribution < 1.29 is 10.0 Å². The summed E-state index contributed by atoms with van der Waals surface area (Å²) in [4.78, 5) is 11.4. The van der Waals surface area contributed by atoms with E-state index in [1.165, 1.54) is 29.3 Å². The molecule has 0 heterocycles. The van der Waals surface area contributed by atoms with Crippen molar-refractivity contribution in [2.24, 2.45) is 0 Å². The molecule has 0 fully saturated rings. The van der Waals surface area contributed by atoms with Crippen LogP contribution in [0.3, 0.4) is 0 Å². The third-order valence-corrected chi connectivity index (χ3v) is 1.73. The van der Waals surface area contributed by atoms with Gasteiger partial charge in [0.2, 0.25) is 0 Å². The van der Waals surface area contributed by atoms with Crippen LogP contribution < -0.4 is 0 Å². The van der Waals surface area contributed by atoms with Crippen LogP contribution in [-0.4, -0.2) is 10.0 Å². The smallest absolute Gasteiger partial charge is 0.270 e. The number of nitrogens with zero attached hydrogens (tertiary/aromatic N) is 1. The Morgan fingerprint density at radius 3 is 2.77 bits per heavy atom. The molecule has 1 aromatic rings. The molecule has 4 nitrogen and oxygen atoms in total. The van der Waals surface area contributed by atoms with Gasteiger partial charge in [0, 0.05) is 17.7 Å². The molecule has 1 N–H and O–H groups in total. The van der Waals surface area contributed by atoms with Crippen molar-refractivity contribution in [3.8, 4) is 5.75 Å². The molecule has 68 valence electrons. The van der Waals surface area contributed by atoms with Crippen molar-refractivity contribution in [2.45, 2.75) is 0 Å². The molecule has 1 aromatic carbocycles. The van der Waals surface area contributed by atoms with Gasteiger partial charge in [0.25, 0.3) is 5.69 Å². The highest BCUT2D eigenvalue weighted by Gasteiger charge is 2.07. The molecule has 0 aromatic heterocycles. The Kier molecular flexibility index (Phi) is 3.02. The van der Waals surface area contributed by atoms with E-state index in [0.717, 1.165) is 0 Å². The van der Waals surface area contributed by atoms with Gasteiger partial charge < -0.3 is 5.11 Å². The predicted octanol–water partition coefficient (Wildman–Crippen LogP) is 2.67. The first-order valence-corrected chi connectivity index (χ1v) is 4.31. The van der Waals surface area contributed by atoms with E-state index in [1.54, 1.807) is 0 Å². The molecule has 1 rings (SSSR count). The van der Waals surface area contributed by atoms with E-state index in [4.69, 9.17) is 0 Å². The van der Waals surface area contributed by atoms with Crippen LogP contribution >= 0.6 is 15.9 Å². The minimum absolute atomic E-state index is 0.0151. The zero-order valence-corrected chi connectivity index (χ0v) is 8.06. The van der Waals surface area contributed by atoms with Crippen molar-refractivity contribution in [2.75, 3.05) is 0 Å². The summed E-state index contributed by atoms with van der Waals surface area (Å²) >= 11 is 3.02. The molecule has 13 heavy (non-hydrogen) atoms. The number of aromatic hydroxyl groups is 1. The number of non-ortho nitro benzene ring substituents is 1. The topological polar surface area (TPSA) is 63.4 Å². The first-order chi connectivity index (χ1) is 6.15. The number of halogens is 1. The fourth-order valence-corrected chi connectivity index (χ4v) is 1.14. The highest BCUT2D eigenvalue weighted by Crippen LogP contribution is 2.24. The summed E-state index contributed by atoms with van der Waals surface area (Å²) in [5.41, 5.74) is 0.365. The summed E-state index contributed by atoms with van der Waals surface area (Å²) in [5, 5.41) is 19.6. The molecule has 0 amide bonds. The molecule has 0 unspecified atom stereocenters. The van der Waals surface area contributed by atoms with Crippen LogP contribution in [0.4, 0.5) is 5.69 Å². The summed E-state index contributed by atoms with van der Waals surface area (Å²) in [5.74, 6) is 0.0151. The van der Waals surface area contributed by atoms with Gasteiger partial charge in [0.15, 0.2) is 0 Å². The fourth-order valence-electron chi connectivity index (χ4n) is 0.857. The van der Waals surface area contributed by atoms with Crippen LogP contribution in [0.1, 0.15) is 5.56 Å². The number of nitro groups is 1. The lowest BCUT2D eigenvalue weighted by Crippen LogP contribution is -1.87. The van der Waals surface area contributed by atoms with E-state index in [1.807, 2.05) is 0 Å². The van der Waals surface area contributed by atoms with Crippen molar-refractivity contribution in [3.05, 3.63) is 38.9 Å². The Morgan fingerprint density at radius 1 is 1.54 bits per heavy atom. The minimum atomic E-state index is -0.509. The van der Waals surface area contributed by atoms with Crippen LogP contribution in [0.25, 0.3) is 6.08 Å². The lowest BCUT2D eigenvalue weighted by molar-refractivity contribution is -0.384. The van der Waals surface area contributed by atoms with E-state index >= 15 is 0 Å². The van der Waals surface area contributed by atoms with E-state index < -0.39 is 4.92 Å². The average Bonchev–Trinajstić information content (AvgIpc) is 2.08. The Bertz CT molecular complexity index is 362. The van der Waals surface area contributed by atoms with E-state index in [0.29, 0.717) is 5.56 Å². The molecule has 0 radical (unpaired) electrons. The Labute approximate surface area is 82.8 Å². The third kappa shape index (κ3) is 2.29. The fraction of sp³-hybridized carbons (Fsp3) is 0. The van der Waals surface area contributed by atoms with Gasteiger partial charge in [-0.3, -0.25) is 10.1 Å². The molecule has 0 spiro atoms. The van der Waals surface area contributed by atoms with Gasteiger partial charge in [0.1, 0.15) is 5.75 Å². The first kappa shape index (κ1) is 9.73. The first-order valence-electron chi connectivity index (χ1n) is 3.39. The van der Waals surface area contributed by atoms with Crippen LogP contribution in [-0.2, 0) is 0 Å². The molecular formula is C8H6BrNO3. The molecule has 0 saturated heterocycles. The summed E-state index contributed by atoms with van der Waals surface area (Å²) in [6.07, 6.45) is 1.53. The van der Waals surface area contributed by atoms with Crippen LogP contribution in [0.5, 0.6) is 5.75 Å². The van der Waals surface area contributed by atoms with E-state index in [-0.39, 0.29) is 11.4 Å². The van der Waals surface area contributed by atoms with Crippen molar-refractivity contribution in [3.63, 3.8) is 0 Å². The number of phenolic OH excluding ortho intramolecular Hbond substituents is 1. The molecule has 0 atom stereocenters. The Hall–Kier alpha value is -1.36. The lowest BCUT2D eigenvalue weighted by atomic mass is 10.2. The maximum atomic E-state index is 10.4. The largest absolute Gasteiger partial charge is 0.507 e. The third-order valence-electron chi connectivity index (χ3n) is 1.46. The van der Waals surface area contributed by atoms with Gasteiger partial charge in [-0.1, -0.05) is 15.9 Å². The maximum Gasteiger partial charge on any atom is 0.270 e. The number of benzene rings is 1. The molecule has 0 aliphatic heterocycles. The standard InChI is InChI=1S/C8H6BrNO3/c9-4-3-6-5-7(10(12)13)1-2-8(6)11/h1-5,11H/b4-3+. The number of rotatable bonds is 2. The number of phenols is 1. The molecule has 5 heteroatoms. The van der Waals surface area contributed by atoms with Crippen LogP contribution in [0, 0.1) is 10.1 Å². The summed E-state index contributed by atoms with van der Waals surface area (Å²) in [7, 11) is 0. The monoisotopic (exact) mass is 243 g/mol. The zero-order chi connectivity index (χ0) is 9.84. The van der Waals surface area contributed by atoms with Gasteiger partial charge in [0.05, 0.1) is 4.92 Å². The molecule has 0 aliphatic rings. The van der Waals surface area contributed by atoms with E-state index in [9.17, 15) is 15.2 Å². The zero-order valence-electron chi connectivity index (χ0n) is 6.48. The van der Waals surface area contributed by atoms with Crippen molar-refractivity contribution in [1.82, 2.24) is 0 Å². The second kappa shape index (κ2) is 4.04. The Balaban J connectivity index is 3.18. The van der Waals surface area contributed by atoms with Crippen LogP contribution in [0.15, 0.2) is 23.2 Å². The molecule has 0 bridgehead atoms. The summed E-state index contributed by atoms with van der Waals surface area (Å²) < 4.78 is 0. The quantitative estimate of drug-likeness (QED) is 0.642. The van der Waals surface area contributed by atoms with Gasteiger partial charge in [-0.05, 0) is 17.1 Å². The second-order valence-electron chi connectivity index (χ2n) is 2.29.